The monoisotopic (exact) mass is 369 g/mol. The zero-order valence-electron chi connectivity index (χ0n) is 13.8. The summed E-state index contributed by atoms with van der Waals surface area (Å²) in [4.78, 5) is 16.3. The van der Waals surface area contributed by atoms with Gasteiger partial charge >= 0.3 is 6.09 Å². The van der Waals surface area contributed by atoms with E-state index in [1.165, 1.54) is 0 Å². The Morgan fingerprint density at radius 1 is 1.33 bits per heavy atom. The number of rotatable bonds is 2. The summed E-state index contributed by atoms with van der Waals surface area (Å²) < 4.78 is 5.08. The summed E-state index contributed by atoms with van der Waals surface area (Å²) in [5.74, 6) is 1.14. The molecule has 7 heteroatoms. The van der Waals surface area contributed by atoms with Gasteiger partial charge in [-0.25, -0.2) is 9.79 Å². The molecule has 1 heterocycles. The number of guanidine groups is 1. The Morgan fingerprint density at radius 2 is 2.00 bits per heavy atom. The third-order valence-corrected chi connectivity index (χ3v) is 5.01. The van der Waals surface area contributed by atoms with Crippen LogP contribution < -0.4 is 10.6 Å². The van der Waals surface area contributed by atoms with E-state index in [9.17, 15) is 4.79 Å². The molecule has 1 fully saturated rings. The maximum atomic E-state index is 11.7. The summed E-state index contributed by atoms with van der Waals surface area (Å²) in [6.45, 7) is 5.78. The molecule has 24 heavy (non-hydrogen) atoms. The maximum absolute atomic E-state index is 11.7. The number of carbonyl (C=O) groups excluding carboxylic acids is 1. The molecule has 0 radical (unpaired) electrons. The fourth-order valence-corrected chi connectivity index (χ4v) is 4.13. The molecular formula is C17H21Cl2N3O2. The first-order valence-corrected chi connectivity index (χ1v) is 8.87. The van der Waals surface area contributed by atoms with Gasteiger partial charge in [-0.05, 0) is 55.9 Å². The van der Waals surface area contributed by atoms with Crippen LogP contribution in [-0.2, 0) is 4.74 Å². The number of nitrogens with one attached hydrogen (secondary N) is 2. The Hall–Kier alpha value is -1.46. The molecule has 2 unspecified atom stereocenters. The SMILES string of the molecule is CC(C)OC(=O)NC1=NC2C(C[C@H](c3cc(Cl)cc(Cl)c3)[C@@H]2C)N1. The van der Waals surface area contributed by atoms with E-state index < -0.39 is 6.09 Å². The van der Waals surface area contributed by atoms with Crippen molar-refractivity contribution in [2.24, 2.45) is 10.9 Å². The van der Waals surface area contributed by atoms with Gasteiger partial charge in [-0.15, -0.1) is 0 Å². The molecule has 1 saturated carbocycles. The van der Waals surface area contributed by atoms with Crippen LogP contribution >= 0.6 is 23.2 Å². The first-order valence-electron chi connectivity index (χ1n) is 8.11. The number of aliphatic imine (C=N–C) groups is 1. The predicted octanol–water partition coefficient (Wildman–Crippen LogP) is 3.95. The number of hydrogen-bond donors (Lipinski definition) is 2. The van der Waals surface area contributed by atoms with Crippen LogP contribution in [0.1, 0.15) is 38.7 Å². The van der Waals surface area contributed by atoms with Crippen LogP contribution in [-0.4, -0.2) is 30.2 Å². The minimum absolute atomic E-state index is 0.113. The Balaban J connectivity index is 1.70. The number of carbonyl (C=O) groups is 1. The summed E-state index contributed by atoms with van der Waals surface area (Å²) in [7, 11) is 0. The van der Waals surface area contributed by atoms with E-state index in [4.69, 9.17) is 27.9 Å². The maximum Gasteiger partial charge on any atom is 0.414 e. The molecular weight excluding hydrogens is 349 g/mol. The van der Waals surface area contributed by atoms with E-state index in [0.29, 0.717) is 27.8 Å². The van der Waals surface area contributed by atoms with Crippen LogP contribution in [0, 0.1) is 5.92 Å². The Morgan fingerprint density at radius 3 is 2.58 bits per heavy atom. The van der Waals surface area contributed by atoms with Crippen LogP contribution in [0.4, 0.5) is 4.79 Å². The van der Waals surface area contributed by atoms with E-state index in [-0.39, 0.29) is 18.2 Å². The number of hydrogen-bond acceptors (Lipinski definition) is 4. The molecule has 0 bridgehead atoms. The summed E-state index contributed by atoms with van der Waals surface area (Å²) >= 11 is 12.3. The van der Waals surface area contributed by atoms with Crippen LogP contribution in [0.15, 0.2) is 23.2 Å². The molecule has 0 aromatic heterocycles. The highest BCUT2D eigenvalue weighted by Crippen LogP contribution is 2.43. The van der Waals surface area contributed by atoms with Gasteiger partial charge in [-0.3, -0.25) is 5.32 Å². The van der Waals surface area contributed by atoms with Gasteiger partial charge in [0.05, 0.1) is 18.2 Å². The second-order valence-electron chi connectivity index (χ2n) is 6.70. The normalized spacial score (nSPS) is 28.3. The first-order chi connectivity index (χ1) is 11.3. The van der Waals surface area contributed by atoms with Crippen molar-refractivity contribution < 1.29 is 9.53 Å². The van der Waals surface area contributed by atoms with Crippen molar-refractivity contribution in [3.8, 4) is 0 Å². The second-order valence-corrected chi connectivity index (χ2v) is 7.58. The van der Waals surface area contributed by atoms with Gasteiger partial charge in [0.2, 0.25) is 5.96 Å². The average Bonchev–Trinajstić information content (AvgIpc) is 2.96. The number of fused-ring (bicyclic) bond motifs is 1. The average molecular weight is 370 g/mol. The topological polar surface area (TPSA) is 62.7 Å². The molecule has 130 valence electrons. The minimum Gasteiger partial charge on any atom is -0.447 e. The van der Waals surface area contributed by atoms with E-state index >= 15 is 0 Å². The fourth-order valence-electron chi connectivity index (χ4n) is 3.58. The third-order valence-electron chi connectivity index (χ3n) is 4.57. The number of nitrogens with zero attached hydrogens (tertiary/aromatic N) is 1. The molecule has 4 atom stereocenters. The zero-order valence-corrected chi connectivity index (χ0v) is 15.4. The highest BCUT2D eigenvalue weighted by Gasteiger charge is 2.45. The Kier molecular flexibility index (Phi) is 4.92. The van der Waals surface area contributed by atoms with E-state index in [2.05, 4.69) is 22.5 Å². The number of alkyl carbamates (subject to hydrolysis) is 1. The van der Waals surface area contributed by atoms with Crippen LogP contribution in [0.2, 0.25) is 10.0 Å². The van der Waals surface area contributed by atoms with Crippen molar-refractivity contribution in [1.82, 2.24) is 10.6 Å². The molecule has 0 saturated heterocycles. The van der Waals surface area contributed by atoms with Crippen molar-refractivity contribution in [1.29, 1.82) is 0 Å². The lowest BCUT2D eigenvalue weighted by Crippen LogP contribution is -2.42. The summed E-state index contributed by atoms with van der Waals surface area (Å²) in [5, 5.41) is 7.26. The van der Waals surface area contributed by atoms with Crippen molar-refractivity contribution in [2.75, 3.05) is 0 Å². The van der Waals surface area contributed by atoms with E-state index in [1.807, 2.05) is 12.1 Å². The lowest BCUT2D eigenvalue weighted by molar-refractivity contribution is 0.120. The fraction of sp³-hybridized carbons (Fsp3) is 0.529. The molecule has 5 nitrogen and oxygen atoms in total. The quantitative estimate of drug-likeness (QED) is 0.829. The van der Waals surface area contributed by atoms with Crippen LogP contribution in [0.3, 0.4) is 0 Å². The molecule has 1 aromatic carbocycles. The highest BCUT2D eigenvalue weighted by molar-refractivity contribution is 6.34. The summed E-state index contributed by atoms with van der Waals surface area (Å²) in [6.07, 6.45) is 0.264. The van der Waals surface area contributed by atoms with E-state index in [1.54, 1.807) is 19.9 Å². The molecule has 2 N–H and O–H groups in total. The van der Waals surface area contributed by atoms with E-state index in [0.717, 1.165) is 12.0 Å². The van der Waals surface area contributed by atoms with Gasteiger partial charge in [0.25, 0.3) is 0 Å². The van der Waals surface area contributed by atoms with Gasteiger partial charge < -0.3 is 10.1 Å². The number of amides is 1. The molecule has 1 aliphatic carbocycles. The molecule has 1 amide bonds. The van der Waals surface area contributed by atoms with Gasteiger partial charge in [-0.2, -0.15) is 0 Å². The molecule has 2 aliphatic rings. The van der Waals surface area contributed by atoms with Gasteiger partial charge in [0.1, 0.15) is 0 Å². The smallest absolute Gasteiger partial charge is 0.414 e. The second kappa shape index (κ2) is 6.81. The Labute approximate surface area is 151 Å². The Bertz CT molecular complexity index is 658. The lowest BCUT2D eigenvalue weighted by atomic mass is 9.89. The van der Waals surface area contributed by atoms with Crippen molar-refractivity contribution in [3.63, 3.8) is 0 Å². The van der Waals surface area contributed by atoms with Gasteiger partial charge in [0.15, 0.2) is 0 Å². The molecule has 1 aromatic rings. The summed E-state index contributed by atoms with van der Waals surface area (Å²) in [6, 6.07) is 5.99. The number of halogens is 2. The zero-order chi connectivity index (χ0) is 17.4. The third kappa shape index (κ3) is 3.62. The predicted molar refractivity (Wildman–Crippen MR) is 95.9 cm³/mol. The van der Waals surface area contributed by atoms with Crippen molar-refractivity contribution >= 4 is 35.3 Å². The number of benzene rings is 1. The minimum atomic E-state index is -0.484. The van der Waals surface area contributed by atoms with Crippen molar-refractivity contribution in [3.05, 3.63) is 33.8 Å². The number of ether oxygens (including phenoxy) is 1. The standard InChI is InChI=1S/C17H21Cl2N3O2/c1-8(2)24-17(23)22-16-20-14-7-13(9(3)15(14)21-16)10-4-11(18)6-12(19)5-10/h4-6,8-9,13-15H,7H2,1-3H3,(H2,20,21,22,23)/t9-,13-,14?,15?/m0/s1. The first kappa shape index (κ1) is 17.4. The van der Waals surface area contributed by atoms with Crippen LogP contribution in [0.5, 0.6) is 0 Å². The largest absolute Gasteiger partial charge is 0.447 e. The lowest BCUT2D eigenvalue weighted by Gasteiger charge is -2.19. The van der Waals surface area contributed by atoms with Gasteiger partial charge in [-0.1, -0.05) is 30.1 Å². The van der Waals surface area contributed by atoms with Crippen molar-refractivity contribution in [2.45, 2.75) is 51.3 Å². The molecule has 3 rings (SSSR count). The van der Waals surface area contributed by atoms with Crippen LogP contribution in [0.25, 0.3) is 0 Å². The highest BCUT2D eigenvalue weighted by atomic mass is 35.5. The molecule has 0 spiro atoms. The van der Waals surface area contributed by atoms with Gasteiger partial charge in [0, 0.05) is 10.0 Å². The molecule has 1 aliphatic heterocycles. The summed E-state index contributed by atoms with van der Waals surface area (Å²) in [5.41, 5.74) is 1.14.